The second kappa shape index (κ2) is 2.43. The summed E-state index contributed by atoms with van der Waals surface area (Å²) in [6, 6.07) is 3.65. The van der Waals surface area contributed by atoms with E-state index in [4.69, 9.17) is 5.73 Å². The summed E-state index contributed by atoms with van der Waals surface area (Å²) < 4.78 is 12.8. The molecule has 3 N–H and O–H groups in total. The first-order chi connectivity index (χ1) is 6.75. The summed E-state index contributed by atoms with van der Waals surface area (Å²) in [5.74, 6) is 0.413. The molecule has 0 aromatic carbocycles. The number of hydrogen-bond acceptors (Lipinski definition) is 3. The largest absolute Gasteiger partial charge is 0.382 e. The summed E-state index contributed by atoms with van der Waals surface area (Å²) in [7, 11) is 0. The highest BCUT2D eigenvalue weighted by Crippen LogP contribution is 2.42. The van der Waals surface area contributed by atoms with Gasteiger partial charge in [0.15, 0.2) is 11.5 Å². The molecule has 5 heteroatoms. The fraction of sp³-hybridized carbons (Fsp3) is 0.333. The maximum Gasteiger partial charge on any atom is 0.157 e. The zero-order chi connectivity index (χ0) is 9.71. The molecule has 0 spiro atoms. The van der Waals surface area contributed by atoms with Crippen LogP contribution in [0.4, 0.5) is 10.2 Å². The number of hydrogen-bond donors (Lipinski definition) is 2. The monoisotopic (exact) mass is 192 g/mol. The molecule has 2 aromatic rings. The van der Waals surface area contributed by atoms with Gasteiger partial charge in [0.25, 0.3) is 0 Å². The topological polar surface area (TPSA) is 67.6 Å². The number of nitrogens with one attached hydrogen (secondary N) is 1. The van der Waals surface area contributed by atoms with Gasteiger partial charge < -0.3 is 5.73 Å². The average molecular weight is 192 g/mol. The van der Waals surface area contributed by atoms with Crippen LogP contribution in [0.25, 0.3) is 11.0 Å². The summed E-state index contributed by atoms with van der Waals surface area (Å²) in [6.45, 7) is 0. The molecule has 2 atom stereocenters. The zero-order valence-corrected chi connectivity index (χ0v) is 7.37. The third-order valence-corrected chi connectivity index (χ3v) is 2.57. The van der Waals surface area contributed by atoms with Crippen molar-refractivity contribution in [3.8, 4) is 0 Å². The van der Waals surface area contributed by atoms with Crippen molar-refractivity contribution in [1.29, 1.82) is 0 Å². The van der Waals surface area contributed by atoms with Gasteiger partial charge in [0.05, 0.1) is 5.39 Å². The lowest BCUT2D eigenvalue weighted by atomic mass is 10.2. The van der Waals surface area contributed by atoms with Crippen LogP contribution in [-0.4, -0.2) is 21.4 Å². The number of nitrogens with two attached hydrogens (primary N) is 1. The van der Waals surface area contributed by atoms with Crippen LogP contribution in [0.1, 0.15) is 18.0 Å². The van der Waals surface area contributed by atoms with E-state index in [9.17, 15) is 4.39 Å². The van der Waals surface area contributed by atoms with Crippen molar-refractivity contribution in [2.45, 2.75) is 18.5 Å². The van der Waals surface area contributed by atoms with Gasteiger partial charge in [-0.25, -0.2) is 9.37 Å². The minimum atomic E-state index is -0.722. The molecule has 1 aliphatic carbocycles. The highest BCUT2D eigenvalue weighted by atomic mass is 19.1. The van der Waals surface area contributed by atoms with Gasteiger partial charge in [-0.15, -0.1) is 0 Å². The highest BCUT2D eigenvalue weighted by molar-refractivity contribution is 5.85. The number of fused-ring (bicyclic) bond motifs is 1. The van der Waals surface area contributed by atoms with E-state index in [-0.39, 0.29) is 5.92 Å². The number of pyridine rings is 1. The van der Waals surface area contributed by atoms with Crippen LogP contribution in [0, 0.1) is 0 Å². The van der Waals surface area contributed by atoms with Gasteiger partial charge in [-0.05, 0) is 18.6 Å². The van der Waals surface area contributed by atoms with Crippen molar-refractivity contribution in [2.75, 3.05) is 5.73 Å². The third kappa shape index (κ3) is 0.982. The molecule has 1 saturated carbocycles. The van der Waals surface area contributed by atoms with Gasteiger partial charge in [0, 0.05) is 11.6 Å². The minimum absolute atomic E-state index is 0.0241. The van der Waals surface area contributed by atoms with Gasteiger partial charge in [-0.1, -0.05) is 0 Å². The molecule has 0 bridgehead atoms. The quantitative estimate of drug-likeness (QED) is 0.716. The van der Waals surface area contributed by atoms with Crippen molar-refractivity contribution in [3.63, 3.8) is 0 Å². The van der Waals surface area contributed by atoms with Gasteiger partial charge in [-0.2, -0.15) is 5.10 Å². The second-order valence-electron chi connectivity index (χ2n) is 3.60. The smallest absolute Gasteiger partial charge is 0.157 e. The lowest BCUT2D eigenvalue weighted by molar-refractivity contribution is 0.467. The number of alkyl halides is 1. The molecule has 72 valence electrons. The van der Waals surface area contributed by atoms with Crippen LogP contribution in [0.3, 0.4) is 0 Å². The molecule has 0 amide bonds. The lowest BCUT2D eigenvalue weighted by Gasteiger charge is -1.96. The van der Waals surface area contributed by atoms with Crippen LogP contribution < -0.4 is 5.73 Å². The van der Waals surface area contributed by atoms with Crippen LogP contribution in [0.5, 0.6) is 0 Å². The lowest BCUT2D eigenvalue weighted by Crippen LogP contribution is -1.89. The first-order valence-electron chi connectivity index (χ1n) is 4.50. The highest BCUT2D eigenvalue weighted by Gasteiger charge is 2.40. The first kappa shape index (κ1) is 7.73. The Morgan fingerprint density at radius 1 is 1.50 bits per heavy atom. The molecule has 14 heavy (non-hydrogen) atoms. The summed E-state index contributed by atoms with van der Waals surface area (Å²) in [4.78, 5) is 4.27. The molecular formula is C9H9FN4. The van der Waals surface area contributed by atoms with E-state index < -0.39 is 6.17 Å². The van der Waals surface area contributed by atoms with Crippen molar-refractivity contribution >= 4 is 16.9 Å². The molecule has 2 unspecified atom stereocenters. The van der Waals surface area contributed by atoms with Gasteiger partial charge in [0.1, 0.15) is 6.17 Å². The Balaban J connectivity index is 2.12. The summed E-state index contributed by atoms with van der Waals surface area (Å²) in [5, 5.41) is 7.35. The number of H-pyrrole nitrogens is 1. The van der Waals surface area contributed by atoms with E-state index >= 15 is 0 Å². The van der Waals surface area contributed by atoms with E-state index in [1.54, 1.807) is 0 Å². The predicted octanol–water partition coefficient (Wildman–Crippen LogP) is 1.37. The summed E-state index contributed by atoms with van der Waals surface area (Å²) in [6.07, 6.45) is -0.137. The minimum Gasteiger partial charge on any atom is -0.382 e. The number of rotatable bonds is 1. The Bertz CT molecular complexity index is 493. The van der Waals surface area contributed by atoms with Crippen molar-refractivity contribution < 1.29 is 4.39 Å². The Labute approximate surface area is 79.3 Å². The van der Waals surface area contributed by atoms with E-state index in [0.29, 0.717) is 17.9 Å². The standard InChI is InChI=1S/C9H9FN4/c10-6-3-5(6)7-2-1-4-8(11)13-14-9(4)12-7/h1-2,5-6H,3H2,(H3,11,12,13,14). The van der Waals surface area contributed by atoms with Gasteiger partial charge in [0.2, 0.25) is 0 Å². The maximum absolute atomic E-state index is 12.8. The molecule has 1 fully saturated rings. The Kier molecular flexibility index (Phi) is 1.34. The molecule has 3 rings (SSSR count). The number of halogens is 1. The molecule has 0 radical (unpaired) electrons. The van der Waals surface area contributed by atoms with Crippen molar-refractivity contribution in [2.24, 2.45) is 0 Å². The number of aromatic nitrogens is 3. The first-order valence-corrected chi connectivity index (χ1v) is 4.50. The zero-order valence-electron chi connectivity index (χ0n) is 7.37. The van der Waals surface area contributed by atoms with Crippen LogP contribution in [-0.2, 0) is 0 Å². The number of nitrogen functional groups attached to an aromatic ring is 1. The molecule has 0 saturated heterocycles. The fourth-order valence-electron chi connectivity index (χ4n) is 1.62. The second-order valence-corrected chi connectivity index (χ2v) is 3.60. The summed E-state index contributed by atoms with van der Waals surface area (Å²) in [5.41, 5.74) is 7.01. The number of nitrogens with zero attached hydrogens (tertiary/aromatic N) is 2. The SMILES string of the molecule is Nc1n[nH]c2nc(C3CC3F)ccc12. The molecule has 4 nitrogen and oxygen atoms in total. The molecule has 2 heterocycles. The molecular weight excluding hydrogens is 183 g/mol. The fourth-order valence-corrected chi connectivity index (χ4v) is 1.62. The molecule has 0 aliphatic heterocycles. The summed E-state index contributed by atoms with van der Waals surface area (Å²) >= 11 is 0. The Morgan fingerprint density at radius 3 is 3.00 bits per heavy atom. The van der Waals surface area contributed by atoms with E-state index in [0.717, 1.165) is 11.1 Å². The van der Waals surface area contributed by atoms with Crippen LogP contribution in [0.15, 0.2) is 12.1 Å². The third-order valence-electron chi connectivity index (χ3n) is 2.57. The average Bonchev–Trinajstić information content (AvgIpc) is 2.80. The van der Waals surface area contributed by atoms with E-state index in [1.807, 2.05) is 12.1 Å². The normalized spacial score (nSPS) is 25.5. The Hall–Kier alpha value is -1.65. The van der Waals surface area contributed by atoms with Crippen molar-refractivity contribution in [3.05, 3.63) is 17.8 Å². The number of anilines is 1. The molecule has 2 aromatic heterocycles. The van der Waals surface area contributed by atoms with Crippen molar-refractivity contribution in [1.82, 2.24) is 15.2 Å². The number of aromatic amines is 1. The van der Waals surface area contributed by atoms with Crippen LogP contribution >= 0.6 is 0 Å². The molecule has 1 aliphatic rings. The predicted molar refractivity (Wildman–Crippen MR) is 50.6 cm³/mol. The van der Waals surface area contributed by atoms with Gasteiger partial charge in [-0.3, -0.25) is 5.10 Å². The van der Waals surface area contributed by atoms with Gasteiger partial charge >= 0.3 is 0 Å². The van der Waals surface area contributed by atoms with E-state index in [2.05, 4.69) is 15.2 Å². The Morgan fingerprint density at radius 2 is 2.29 bits per heavy atom. The van der Waals surface area contributed by atoms with E-state index in [1.165, 1.54) is 0 Å². The maximum atomic E-state index is 12.8. The van der Waals surface area contributed by atoms with Crippen LogP contribution in [0.2, 0.25) is 0 Å².